The first-order valence-corrected chi connectivity index (χ1v) is 9.85. The first-order valence-electron chi connectivity index (χ1n) is 9.85. The van der Waals surface area contributed by atoms with Crippen LogP contribution in [0.5, 0.6) is 0 Å². The zero-order chi connectivity index (χ0) is 21.2. The minimum atomic E-state index is -1.18. The maximum absolute atomic E-state index is 13.0. The Morgan fingerprint density at radius 2 is 1.79 bits per heavy atom. The number of amides is 4. The third-order valence-corrected chi connectivity index (χ3v) is 5.30. The number of benzene rings is 2. The Morgan fingerprint density at radius 1 is 1.10 bits per heavy atom. The Labute approximate surface area is 171 Å². The lowest BCUT2D eigenvalue weighted by Crippen LogP contribution is -2.42. The minimum Gasteiger partial charge on any atom is -0.324 e. The van der Waals surface area contributed by atoms with Gasteiger partial charge in [0.2, 0.25) is 5.91 Å². The molecule has 2 aromatic rings. The van der Waals surface area contributed by atoms with Crippen LogP contribution in [0.1, 0.15) is 42.5 Å². The molecule has 6 heteroatoms. The van der Waals surface area contributed by atoms with Crippen molar-refractivity contribution in [3.63, 3.8) is 0 Å². The molecule has 1 atom stereocenters. The molecule has 6 nitrogen and oxygen atoms in total. The molecule has 0 spiro atoms. The molecule has 2 aromatic carbocycles. The molecule has 4 amide bonds. The SMILES string of the molecule is CCCc1ccc([C@]2(C)NC(=O)N(CC(=O)Nc3ccc(C)cc3C)C2=O)cc1. The molecule has 0 bridgehead atoms. The first kappa shape index (κ1) is 20.6. The zero-order valence-electron chi connectivity index (χ0n) is 17.3. The van der Waals surface area contributed by atoms with Gasteiger partial charge in [0.1, 0.15) is 12.1 Å². The van der Waals surface area contributed by atoms with Gasteiger partial charge in [-0.05, 0) is 49.9 Å². The standard InChI is InChI=1S/C23H27N3O3/c1-5-6-17-8-10-18(11-9-17)23(4)21(28)26(22(29)25-23)14-20(27)24-19-12-7-15(2)13-16(19)3/h7-13H,5-6,14H2,1-4H3,(H,24,27)(H,25,29)/t23-/m0/s1. The maximum Gasteiger partial charge on any atom is 0.325 e. The summed E-state index contributed by atoms with van der Waals surface area (Å²) in [6.07, 6.45) is 2.00. The lowest BCUT2D eigenvalue weighted by Gasteiger charge is -2.22. The van der Waals surface area contributed by atoms with Crippen LogP contribution in [0.15, 0.2) is 42.5 Å². The van der Waals surface area contributed by atoms with Crippen molar-refractivity contribution in [2.75, 3.05) is 11.9 Å². The first-order chi connectivity index (χ1) is 13.7. The summed E-state index contributed by atoms with van der Waals surface area (Å²) in [6.45, 7) is 7.32. The lowest BCUT2D eigenvalue weighted by molar-refractivity contribution is -0.133. The van der Waals surface area contributed by atoms with E-state index in [1.54, 1.807) is 6.92 Å². The predicted octanol–water partition coefficient (Wildman–Crippen LogP) is 3.66. The normalized spacial score (nSPS) is 18.7. The van der Waals surface area contributed by atoms with Gasteiger partial charge in [-0.25, -0.2) is 4.79 Å². The predicted molar refractivity (Wildman–Crippen MR) is 113 cm³/mol. The quantitative estimate of drug-likeness (QED) is 0.735. The Kier molecular flexibility index (Phi) is 5.73. The number of anilines is 1. The lowest BCUT2D eigenvalue weighted by atomic mass is 9.91. The van der Waals surface area contributed by atoms with Crippen molar-refractivity contribution in [3.8, 4) is 0 Å². The Bertz CT molecular complexity index is 952. The minimum absolute atomic E-state index is 0.332. The fourth-order valence-electron chi connectivity index (χ4n) is 3.62. The van der Waals surface area contributed by atoms with E-state index in [1.807, 2.05) is 56.3 Å². The summed E-state index contributed by atoms with van der Waals surface area (Å²) in [5, 5.41) is 5.52. The van der Waals surface area contributed by atoms with E-state index in [2.05, 4.69) is 17.6 Å². The molecule has 2 N–H and O–H groups in total. The Morgan fingerprint density at radius 3 is 2.41 bits per heavy atom. The highest BCUT2D eigenvalue weighted by Crippen LogP contribution is 2.29. The third-order valence-electron chi connectivity index (χ3n) is 5.30. The number of urea groups is 1. The van der Waals surface area contributed by atoms with Gasteiger partial charge < -0.3 is 10.6 Å². The second-order valence-electron chi connectivity index (χ2n) is 7.76. The van der Waals surface area contributed by atoms with Crippen LogP contribution < -0.4 is 10.6 Å². The summed E-state index contributed by atoms with van der Waals surface area (Å²) in [7, 11) is 0. The average Bonchev–Trinajstić information content (AvgIpc) is 2.89. The summed E-state index contributed by atoms with van der Waals surface area (Å²) < 4.78 is 0. The molecular formula is C23H27N3O3. The van der Waals surface area contributed by atoms with E-state index in [0.717, 1.165) is 28.9 Å². The van der Waals surface area contributed by atoms with Crippen molar-refractivity contribution in [1.29, 1.82) is 0 Å². The van der Waals surface area contributed by atoms with E-state index < -0.39 is 23.4 Å². The number of imide groups is 1. The van der Waals surface area contributed by atoms with Crippen molar-refractivity contribution in [3.05, 3.63) is 64.7 Å². The summed E-state index contributed by atoms with van der Waals surface area (Å²) in [5.74, 6) is -0.843. The van der Waals surface area contributed by atoms with Gasteiger partial charge in [-0.15, -0.1) is 0 Å². The highest BCUT2D eigenvalue weighted by molar-refractivity contribution is 6.10. The Hall–Kier alpha value is -3.15. The van der Waals surface area contributed by atoms with Gasteiger partial charge in [0.05, 0.1) is 0 Å². The van der Waals surface area contributed by atoms with Crippen LogP contribution >= 0.6 is 0 Å². The molecule has 0 aliphatic carbocycles. The van der Waals surface area contributed by atoms with Crippen LogP contribution in [0.3, 0.4) is 0 Å². The van der Waals surface area contributed by atoms with Crippen molar-refractivity contribution >= 4 is 23.5 Å². The number of carbonyl (C=O) groups excluding carboxylic acids is 3. The number of nitrogens with zero attached hydrogens (tertiary/aromatic N) is 1. The van der Waals surface area contributed by atoms with Crippen LogP contribution in [-0.4, -0.2) is 29.3 Å². The zero-order valence-corrected chi connectivity index (χ0v) is 17.3. The summed E-state index contributed by atoms with van der Waals surface area (Å²) in [6, 6.07) is 12.8. The molecule has 0 saturated carbocycles. The summed E-state index contributed by atoms with van der Waals surface area (Å²) in [5.41, 5.74) is 3.39. The molecule has 1 aliphatic rings. The number of nitrogens with one attached hydrogen (secondary N) is 2. The van der Waals surface area contributed by atoms with Crippen LogP contribution in [0.25, 0.3) is 0 Å². The number of aryl methyl sites for hydroxylation is 3. The smallest absolute Gasteiger partial charge is 0.324 e. The van der Waals surface area contributed by atoms with Crippen molar-refractivity contribution in [2.24, 2.45) is 0 Å². The molecule has 1 aliphatic heterocycles. The monoisotopic (exact) mass is 393 g/mol. The van der Waals surface area contributed by atoms with E-state index in [0.29, 0.717) is 11.3 Å². The molecule has 0 aromatic heterocycles. The van der Waals surface area contributed by atoms with Crippen LogP contribution in [0.4, 0.5) is 10.5 Å². The van der Waals surface area contributed by atoms with Crippen LogP contribution in [0, 0.1) is 13.8 Å². The molecule has 1 heterocycles. The average molecular weight is 393 g/mol. The second kappa shape index (κ2) is 8.07. The van der Waals surface area contributed by atoms with Gasteiger partial charge in [-0.1, -0.05) is 55.3 Å². The van der Waals surface area contributed by atoms with E-state index in [9.17, 15) is 14.4 Å². The van der Waals surface area contributed by atoms with Crippen molar-refractivity contribution in [1.82, 2.24) is 10.2 Å². The number of hydrogen-bond donors (Lipinski definition) is 2. The molecule has 3 rings (SSSR count). The number of hydrogen-bond acceptors (Lipinski definition) is 3. The van der Waals surface area contributed by atoms with E-state index >= 15 is 0 Å². The van der Waals surface area contributed by atoms with Gasteiger partial charge in [-0.2, -0.15) is 0 Å². The molecule has 152 valence electrons. The summed E-state index contributed by atoms with van der Waals surface area (Å²) in [4.78, 5) is 38.9. The van der Waals surface area contributed by atoms with Gasteiger partial charge in [0, 0.05) is 5.69 Å². The third kappa shape index (κ3) is 4.16. The summed E-state index contributed by atoms with van der Waals surface area (Å²) >= 11 is 0. The Balaban J connectivity index is 1.73. The highest BCUT2D eigenvalue weighted by atomic mass is 16.2. The largest absolute Gasteiger partial charge is 0.325 e. The van der Waals surface area contributed by atoms with Crippen LogP contribution in [-0.2, 0) is 21.5 Å². The van der Waals surface area contributed by atoms with E-state index in [-0.39, 0.29) is 6.54 Å². The van der Waals surface area contributed by atoms with Gasteiger partial charge in [-0.3, -0.25) is 14.5 Å². The molecule has 0 unspecified atom stereocenters. The van der Waals surface area contributed by atoms with E-state index in [4.69, 9.17) is 0 Å². The maximum atomic E-state index is 13.0. The van der Waals surface area contributed by atoms with Gasteiger partial charge in [0.15, 0.2) is 0 Å². The van der Waals surface area contributed by atoms with Gasteiger partial charge in [0.25, 0.3) is 5.91 Å². The fraction of sp³-hybridized carbons (Fsp3) is 0.348. The highest BCUT2D eigenvalue weighted by Gasteiger charge is 2.49. The molecule has 1 saturated heterocycles. The molecule has 0 radical (unpaired) electrons. The van der Waals surface area contributed by atoms with Crippen LogP contribution in [0.2, 0.25) is 0 Å². The van der Waals surface area contributed by atoms with Gasteiger partial charge >= 0.3 is 6.03 Å². The molecule has 29 heavy (non-hydrogen) atoms. The molecule has 1 fully saturated rings. The second-order valence-corrected chi connectivity index (χ2v) is 7.76. The number of rotatable bonds is 6. The molecular weight excluding hydrogens is 366 g/mol. The number of carbonyl (C=O) groups is 3. The topological polar surface area (TPSA) is 78.5 Å². The van der Waals surface area contributed by atoms with Crippen molar-refractivity contribution < 1.29 is 14.4 Å². The fourth-order valence-corrected chi connectivity index (χ4v) is 3.62. The van der Waals surface area contributed by atoms with Crippen molar-refractivity contribution in [2.45, 2.75) is 46.1 Å². The van der Waals surface area contributed by atoms with E-state index in [1.165, 1.54) is 5.56 Å².